The monoisotopic (exact) mass is 323 g/mol. The van der Waals surface area contributed by atoms with E-state index in [2.05, 4.69) is 24.1 Å². The molecular formula is C17H29N3O3. The maximum absolute atomic E-state index is 11.5. The highest BCUT2D eigenvalue weighted by Crippen LogP contribution is 2.28. The van der Waals surface area contributed by atoms with E-state index >= 15 is 0 Å². The van der Waals surface area contributed by atoms with Crippen LogP contribution >= 0.6 is 0 Å². The van der Waals surface area contributed by atoms with E-state index in [0.717, 1.165) is 25.2 Å². The van der Waals surface area contributed by atoms with Crippen molar-refractivity contribution in [2.45, 2.75) is 33.4 Å². The van der Waals surface area contributed by atoms with Gasteiger partial charge in [0, 0.05) is 13.1 Å². The number of rotatable bonds is 10. The van der Waals surface area contributed by atoms with Gasteiger partial charge in [-0.2, -0.15) is 0 Å². The first-order valence-corrected chi connectivity index (χ1v) is 8.07. The summed E-state index contributed by atoms with van der Waals surface area (Å²) in [5.74, 6) is 1.20. The van der Waals surface area contributed by atoms with Gasteiger partial charge in [0.2, 0.25) is 5.91 Å². The zero-order chi connectivity index (χ0) is 17.2. The zero-order valence-corrected chi connectivity index (χ0v) is 14.6. The Labute approximate surface area is 138 Å². The minimum Gasteiger partial charge on any atom is -0.493 e. The summed E-state index contributed by atoms with van der Waals surface area (Å²) in [6.07, 6.45) is 0. The van der Waals surface area contributed by atoms with Gasteiger partial charge in [-0.25, -0.2) is 0 Å². The lowest BCUT2D eigenvalue weighted by Crippen LogP contribution is -2.37. The number of carbonyl (C=O) groups excluding carboxylic acids is 1. The number of amides is 1. The predicted octanol–water partition coefficient (Wildman–Crippen LogP) is 1.38. The molecule has 23 heavy (non-hydrogen) atoms. The topological polar surface area (TPSA) is 76.8 Å². The number of nitrogens with two attached hydrogens (primary N) is 1. The number of methoxy groups -OCH3 is 1. The molecule has 0 heterocycles. The number of nitrogens with zero attached hydrogens (tertiary/aromatic N) is 1. The summed E-state index contributed by atoms with van der Waals surface area (Å²) < 4.78 is 11.2. The molecule has 0 bridgehead atoms. The highest BCUT2D eigenvalue weighted by atomic mass is 16.5. The third kappa shape index (κ3) is 6.46. The minimum atomic E-state index is -0.514. The molecule has 0 saturated carbocycles. The number of hydrogen-bond acceptors (Lipinski definition) is 5. The van der Waals surface area contributed by atoms with Crippen molar-refractivity contribution in [3.8, 4) is 11.5 Å². The van der Waals surface area contributed by atoms with Crippen molar-refractivity contribution in [3.63, 3.8) is 0 Å². The Morgan fingerprint density at radius 1 is 1.30 bits per heavy atom. The number of benzene rings is 1. The summed E-state index contributed by atoms with van der Waals surface area (Å²) in [4.78, 5) is 13.8. The first-order valence-electron chi connectivity index (χ1n) is 8.07. The molecule has 6 heteroatoms. The van der Waals surface area contributed by atoms with Crippen LogP contribution < -0.4 is 20.5 Å². The average molecular weight is 323 g/mol. The van der Waals surface area contributed by atoms with E-state index in [0.29, 0.717) is 24.7 Å². The van der Waals surface area contributed by atoms with Gasteiger partial charge in [0.15, 0.2) is 11.5 Å². The third-order valence-electron chi connectivity index (χ3n) is 3.67. The molecule has 0 radical (unpaired) electrons. The van der Waals surface area contributed by atoms with Crippen LogP contribution in [0.15, 0.2) is 18.2 Å². The maximum atomic E-state index is 11.5. The van der Waals surface area contributed by atoms with E-state index in [1.54, 1.807) is 14.0 Å². The third-order valence-corrected chi connectivity index (χ3v) is 3.67. The van der Waals surface area contributed by atoms with Crippen molar-refractivity contribution < 1.29 is 14.3 Å². The van der Waals surface area contributed by atoms with E-state index in [1.165, 1.54) is 0 Å². The summed E-state index contributed by atoms with van der Waals surface area (Å²) >= 11 is 0. The van der Waals surface area contributed by atoms with Crippen LogP contribution in [0.2, 0.25) is 0 Å². The molecule has 1 amide bonds. The Kier molecular flexibility index (Phi) is 8.43. The number of likely N-dealkylation sites (N-methyl/N-ethyl adjacent to an activating group) is 1. The lowest BCUT2D eigenvalue weighted by atomic mass is 10.2. The van der Waals surface area contributed by atoms with Crippen molar-refractivity contribution >= 4 is 5.91 Å². The minimum absolute atomic E-state index is 0.177. The second-order valence-corrected chi connectivity index (χ2v) is 5.37. The Balaban J connectivity index is 2.60. The van der Waals surface area contributed by atoms with Gasteiger partial charge in [-0.15, -0.1) is 0 Å². The van der Waals surface area contributed by atoms with E-state index in [4.69, 9.17) is 15.2 Å². The van der Waals surface area contributed by atoms with Crippen molar-refractivity contribution in [2.24, 2.45) is 5.73 Å². The Bertz CT molecular complexity index is 488. The molecule has 0 aliphatic carbocycles. The zero-order valence-electron chi connectivity index (χ0n) is 14.6. The number of nitrogens with one attached hydrogen (secondary N) is 1. The maximum Gasteiger partial charge on any atom is 0.236 e. The highest BCUT2D eigenvalue weighted by molar-refractivity contribution is 5.80. The first kappa shape index (κ1) is 19.3. The standard InChI is InChI=1S/C17H29N3O3/c1-5-20(6-2)9-10-23-15-8-7-14(11-16(15)22-4)12-19-17(21)13(3)18/h7-8,11,13H,5-6,9-10,12,18H2,1-4H3,(H,19,21)/t13-/m1/s1. The van der Waals surface area contributed by atoms with Gasteiger partial charge in [0.05, 0.1) is 13.2 Å². The van der Waals surface area contributed by atoms with Gasteiger partial charge >= 0.3 is 0 Å². The molecular weight excluding hydrogens is 294 g/mol. The van der Waals surface area contributed by atoms with Gasteiger partial charge < -0.3 is 25.4 Å². The van der Waals surface area contributed by atoms with Crippen molar-refractivity contribution in [1.29, 1.82) is 0 Å². The Morgan fingerprint density at radius 3 is 2.57 bits per heavy atom. The molecule has 0 aliphatic rings. The lowest BCUT2D eigenvalue weighted by molar-refractivity contribution is -0.122. The lowest BCUT2D eigenvalue weighted by Gasteiger charge is -2.19. The van der Waals surface area contributed by atoms with Gasteiger partial charge in [-0.05, 0) is 37.7 Å². The fraction of sp³-hybridized carbons (Fsp3) is 0.588. The molecule has 1 atom stereocenters. The molecule has 0 aromatic heterocycles. The average Bonchev–Trinajstić information content (AvgIpc) is 2.56. The van der Waals surface area contributed by atoms with Gasteiger partial charge in [-0.1, -0.05) is 19.9 Å². The summed E-state index contributed by atoms with van der Waals surface area (Å²) in [5.41, 5.74) is 6.46. The van der Waals surface area contributed by atoms with E-state index < -0.39 is 6.04 Å². The predicted molar refractivity (Wildman–Crippen MR) is 91.8 cm³/mol. The van der Waals surface area contributed by atoms with Crippen molar-refractivity contribution in [1.82, 2.24) is 10.2 Å². The molecule has 1 aromatic rings. The fourth-order valence-electron chi connectivity index (χ4n) is 2.12. The normalized spacial score (nSPS) is 12.1. The van der Waals surface area contributed by atoms with Crippen molar-refractivity contribution in [3.05, 3.63) is 23.8 Å². The molecule has 130 valence electrons. The molecule has 1 rings (SSSR count). The summed E-state index contributed by atoms with van der Waals surface area (Å²) in [5, 5.41) is 2.78. The summed E-state index contributed by atoms with van der Waals surface area (Å²) in [6.45, 7) is 9.84. The van der Waals surface area contributed by atoms with Crippen LogP contribution in [-0.2, 0) is 11.3 Å². The molecule has 0 saturated heterocycles. The molecule has 0 unspecified atom stereocenters. The van der Waals surface area contributed by atoms with Crippen LogP contribution in [-0.4, -0.2) is 50.2 Å². The Hall–Kier alpha value is -1.79. The molecule has 1 aromatic carbocycles. The van der Waals surface area contributed by atoms with Gasteiger partial charge in [0.25, 0.3) is 0 Å². The van der Waals surface area contributed by atoms with Crippen LogP contribution in [0.1, 0.15) is 26.3 Å². The van der Waals surface area contributed by atoms with Gasteiger partial charge in [0.1, 0.15) is 6.61 Å². The van der Waals surface area contributed by atoms with Crippen LogP contribution in [0, 0.1) is 0 Å². The Morgan fingerprint density at radius 2 is 2.00 bits per heavy atom. The van der Waals surface area contributed by atoms with Crippen molar-refractivity contribution in [2.75, 3.05) is 33.4 Å². The second kappa shape index (κ2) is 10.1. The fourth-order valence-corrected chi connectivity index (χ4v) is 2.12. The van der Waals surface area contributed by atoms with Crippen LogP contribution in [0.3, 0.4) is 0 Å². The molecule has 0 fully saturated rings. The SMILES string of the molecule is CCN(CC)CCOc1ccc(CNC(=O)[C@@H](C)N)cc1OC. The second-order valence-electron chi connectivity index (χ2n) is 5.37. The van der Waals surface area contributed by atoms with Crippen LogP contribution in [0.5, 0.6) is 11.5 Å². The highest BCUT2D eigenvalue weighted by Gasteiger charge is 2.09. The van der Waals surface area contributed by atoms with E-state index in [-0.39, 0.29) is 5.91 Å². The molecule has 6 nitrogen and oxygen atoms in total. The quantitative estimate of drug-likeness (QED) is 0.680. The smallest absolute Gasteiger partial charge is 0.236 e. The molecule has 0 spiro atoms. The van der Waals surface area contributed by atoms with Crippen LogP contribution in [0.25, 0.3) is 0 Å². The van der Waals surface area contributed by atoms with Crippen LogP contribution in [0.4, 0.5) is 0 Å². The van der Waals surface area contributed by atoms with Gasteiger partial charge in [-0.3, -0.25) is 4.79 Å². The summed E-state index contributed by atoms with van der Waals surface area (Å²) in [7, 11) is 1.61. The number of hydrogen-bond donors (Lipinski definition) is 2. The number of carbonyl (C=O) groups is 1. The number of ether oxygens (including phenoxy) is 2. The molecule has 0 aliphatic heterocycles. The summed E-state index contributed by atoms with van der Waals surface area (Å²) in [6, 6.07) is 5.14. The van der Waals surface area contributed by atoms with E-state index in [1.807, 2.05) is 18.2 Å². The molecule has 3 N–H and O–H groups in total. The first-order chi connectivity index (χ1) is 11.0. The van der Waals surface area contributed by atoms with E-state index in [9.17, 15) is 4.79 Å². The largest absolute Gasteiger partial charge is 0.493 e.